The number of nitrogens with one attached hydrogen (secondary N) is 1. The van der Waals surface area contributed by atoms with Gasteiger partial charge in [-0.05, 0) is 150 Å². The lowest BCUT2D eigenvalue weighted by Gasteiger charge is -2.35. The molecule has 0 bridgehead atoms. The molecule has 0 radical (unpaired) electrons. The fourth-order valence-electron chi connectivity index (χ4n) is 9.03. The van der Waals surface area contributed by atoms with Crippen LogP contribution in [0.2, 0.25) is 0 Å². The van der Waals surface area contributed by atoms with Crippen molar-refractivity contribution in [3.8, 4) is 11.5 Å². The van der Waals surface area contributed by atoms with E-state index in [4.69, 9.17) is 40.0 Å². The average molecular weight is 800 g/mol. The highest BCUT2D eigenvalue weighted by Gasteiger charge is 2.41. The fourth-order valence-corrected chi connectivity index (χ4v) is 9.14. The van der Waals surface area contributed by atoms with Crippen molar-refractivity contribution in [1.29, 1.82) is 0 Å². The molecule has 6 aliphatic rings. The average Bonchev–Trinajstić information content (AvgIpc) is 3.91. The van der Waals surface area contributed by atoms with Gasteiger partial charge in [0.1, 0.15) is 11.5 Å². The molecule has 0 amide bonds. The number of ether oxygens (including phenoxy) is 6. The Morgan fingerprint density at radius 3 is 1.41 bits per heavy atom. The molecule has 0 aromatic heterocycles. The zero-order chi connectivity index (χ0) is 37.9. The number of rotatable bonds is 13. The Bertz CT molecular complexity index is 1280. The van der Waals surface area contributed by atoms with E-state index in [-0.39, 0.29) is 19.0 Å². The minimum atomic E-state index is -0.239. The molecule has 1 N–H and O–H groups in total. The highest BCUT2D eigenvalue weighted by Crippen LogP contribution is 2.40. The molecule has 0 atom stereocenters. The summed E-state index contributed by atoms with van der Waals surface area (Å²) >= 11 is 5.65. The molecule has 2 aliphatic carbocycles. The van der Waals surface area contributed by atoms with Crippen LogP contribution >= 0.6 is 11.6 Å². The maximum atomic E-state index is 5.95. The van der Waals surface area contributed by atoms with Crippen LogP contribution in [0.4, 0.5) is 0 Å². The molecule has 8 rings (SSSR count). The number of halogens is 1. The molecular weight excluding hydrogens is 724 g/mol. The van der Waals surface area contributed by atoms with Crippen molar-refractivity contribution in [2.24, 2.45) is 11.8 Å². The summed E-state index contributed by atoms with van der Waals surface area (Å²) in [5, 5.41) is 3.28. The highest BCUT2D eigenvalue weighted by molar-refractivity contribution is 6.17. The Morgan fingerprint density at radius 1 is 0.589 bits per heavy atom. The van der Waals surface area contributed by atoms with Gasteiger partial charge in [-0.3, -0.25) is 0 Å². The van der Waals surface area contributed by atoms with Gasteiger partial charge in [0.2, 0.25) is 0 Å². The standard InChI is InChI=1S/C23H35NO3.C18H25ClO3.C5H11N.CH4/c1-2-13-24(14-3-1)15-4-16-25-22-7-5-20(6-8-22)19-21-9-11-23(12-10-21)26-17-18-27-23;19-10-1-11-20-17-4-2-15(3-5-17)14-16-6-8-18(9-7-16)21-12-13-22-18;1-2-4-6-5-3-1;/h5-8,21H,1-4,9-19H2;2-5,16H,1,6-14H2;6H,1-5H2;1H4. The zero-order valence-electron chi connectivity index (χ0n) is 33.8. The Hall–Kier alpha value is -1.91. The first kappa shape index (κ1) is 45.2. The molecule has 316 valence electrons. The lowest BCUT2D eigenvalue weighted by molar-refractivity contribution is -0.182. The summed E-state index contributed by atoms with van der Waals surface area (Å²) in [5.41, 5.74) is 2.81. The first-order valence-electron chi connectivity index (χ1n) is 22.1. The summed E-state index contributed by atoms with van der Waals surface area (Å²) in [4.78, 5) is 2.58. The first-order valence-corrected chi connectivity index (χ1v) is 22.6. The van der Waals surface area contributed by atoms with Crippen molar-refractivity contribution >= 4 is 11.6 Å². The molecule has 2 spiro atoms. The van der Waals surface area contributed by atoms with Gasteiger partial charge in [-0.1, -0.05) is 44.5 Å². The molecule has 4 heterocycles. The van der Waals surface area contributed by atoms with Crippen molar-refractivity contribution in [2.45, 2.75) is 135 Å². The number of piperidine rings is 2. The van der Waals surface area contributed by atoms with Crippen LogP contribution in [0.3, 0.4) is 0 Å². The van der Waals surface area contributed by atoms with E-state index in [1.807, 2.05) is 0 Å². The van der Waals surface area contributed by atoms with Gasteiger partial charge in [-0.2, -0.15) is 0 Å². The minimum absolute atomic E-state index is 0. The van der Waals surface area contributed by atoms with Gasteiger partial charge in [0.05, 0.1) is 39.6 Å². The van der Waals surface area contributed by atoms with E-state index in [1.54, 1.807) is 0 Å². The lowest BCUT2D eigenvalue weighted by Crippen LogP contribution is -2.35. The lowest BCUT2D eigenvalue weighted by atomic mass is 9.81. The van der Waals surface area contributed by atoms with Crippen molar-refractivity contribution in [2.75, 3.05) is 78.2 Å². The molecule has 4 aliphatic heterocycles. The second-order valence-electron chi connectivity index (χ2n) is 16.6. The number of alkyl halides is 1. The Balaban J connectivity index is 0.000000186. The third kappa shape index (κ3) is 15.4. The first-order chi connectivity index (χ1) is 27.1. The highest BCUT2D eigenvalue weighted by atomic mass is 35.5. The summed E-state index contributed by atoms with van der Waals surface area (Å²) < 4.78 is 34.8. The third-order valence-electron chi connectivity index (χ3n) is 12.3. The van der Waals surface area contributed by atoms with Crippen LogP contribution in [0.5, 0.6) is 11.5 Å². The number of hydrogen-bond acceptors (Lipinski definition) is 8. The normalized spacial score (nSPS) is 23.3. The van der Waals surface area contributed by atoms with Crippen molar-refractivity contribution in [1.82, 2.24) is 10.2 Å². The quantitative estimate of drug-likeness (QED) is 0.159. The van der Waals surface area contributed by atoms with E-state index >= 15 is 0 Å². The summed E-state index contributed by atoms with van der Waals surface area (Å²) in [5.74, 6) is 3.60. The van der Waals surface area contributed by atoms with E-state index in [0.29, 0.717) is 12.5 Å². The number of nitrogens with zero attached hydrogens (tertiary/aromatic N) is 1. The van der Waals surface area contributed by atoms with E-state index in [1.165, 1.54) is 108 Å². The molecule has 56 heavy (non-hydrogen) atoms. The van der Waals surface area contributed by atoms with Crippen LogP contribution in [-0.4, -0.2) is 94.7 Å². The summed E-state index contributed by atoms with van der Waals surface area (Å²) in [7, 11) is 0. The number of hydrogen-bond donors (Lipinski definition) is 1. The van der Waals surface area contributed by atoms with Gasteiger partial charge in [0.15, 0.2) is 11.6 Å². The predicted molar refractivity (Wildman–Crippen MR) is 228 cm³/mol. The SMILES string of the molecule is C.C1CCNCC1.ClCCCOc1ccc(CC2CCC3(CC2)OCCO3)cc1.c1cc(OCCCN2CCCCC2)ccc1CC1CCC2(CC1)OCCO2. The monoisotopic (exact) mass is 799 g/mol. The zero-order valence-corrected chi connectivity index (χ0v) is 34.5. The van der Waals surface area contributed by atoms with Gasteiger partial charge in [-0.15, -0.1) is 11.6 Å². The summed E-state index contributed by atoms with van der Waals surface area (Å²) in [6, 6.07) is 17.3. The van der Waals surface area contributed by atoms with E-state index in [2.05, 4.69) is 58.7 Å². The van der Waals surface area contributed by atoms with Crippen LogP contribution in [-0.2, 0) is 31.8 Å². The molecule has 6 fully saturated rings. The van der Waals surface area contributed by atoms with Crippen LogP contribution < -0.4 is 14.8 Å². The maximum absolute atomic E-state index is 5.95. The van der Waals surface area contributed by atoms with E-state index < -0.39 is 0 Å². The van der Waals surface area contributed by atoms with Gasteiger partial charge in [0.25, 0.3) is 0 Å². The van der Waals surface area contributed by atoms with E-state index in [0.717, 1.165) is 108 Å². The molecule has 8 nitrogen and oxygen atoms in total. The number of likely N-dealkylation sites (tertiary alicyclic amines) is 1. The topological polar surface area (TPSA) is 70.7 Å². The molecule has 4 saturated heterocycles. The Labute approximate surface area is 345 Å². The summed E-state index contributed by atoms with van der Waals surface area (Å²) in [6.07, 6.45) is 21.6. The van der Waals surface area contributed by atoms with E-state index in [9.17, 15) is 0 Å². The van der Waals surface area contributed by atoms with Crippen LogP contribution in [0, 0.1) is 11.8 Å². The fraction of sp³-hybridized carbons (Fsp3) is 0.745. The van der Waals surface area contributed by atoms with Crippen LogP contribution in [0.15, 0.2) is 48.5 Å². The van der Waals surface area contributed by atoms with Crippen LogP contribution in [0.1, 0.15) is 121 Å². The predicted octanol–water partition coefficient (Wildman–Crippen LogP) is 9.98. The molecule has 9 heteroatoms. The smallest absolute Gasteiger partial charge is 0.168 e. The molecule has 2 aromatic rings. The van der Waals surface area contributed by atoms with Crippen molar-refractivity contribution in [3.63, 3.8) is 0 Å². The third-order valence-corrected chi connectivity index (χ3v) is 12.6. The van der Waals surface area contributed by atoms with Crippen molar-refractivity contribution in [3.05, 3.63) is 59.7 Å². The molecular formula is C47H75ClN2O6. The van der Waals surface area contributed by atoms with Crippen LogP contribution in [0.25, 0.3) is 0 Å². The van der Waals surface area contributed by atoms with Gasteiger partial charge in [-0.25, -0.2) is 0 Å². The molecule has 2 saturated carbocycles. The van der Waals surface area contributed by atoms with Crippen molar-refractivity contribution < 1.29 is 28.4 Å². The second-order valence-corrected chi connectivity index (χ2v) is 17.0. The Morgan fingerprint density at radius 2 is 1.02 bits per heavy atom. The van der Waals surface area contributed by atoms with Gasteiger partial charge >= 0.3 is 0 Å². The maximum Gasteiger partial charge on any atom is 0.168 e. The second kappa shape index (κ2) is 24.9. The molecule has 0 unspecified atom stereocenters. The summed E-state index contributed by atoms with van der Waals surface area (Å²) in [6.45, 7) is 10.8. The van der Waals surface area contributed by atoms with Gasteiger partial charge in [0, 0.05) is 38.1 Å². The number of benzene rings is 2. The Kier molecular flexibility index (Phi) is 20.1. The minimum Gasteiger partial charge on any atom is -0.494 e. The van der Waals surface area contributed by atoms with Gasteiger partial charge < -0.3 is 38.6 Å². The largest absolute Gasteiger partial charge is 0.494 e. The molecule has 2 aromatic carbocycles.